The molecule has 0 aromatic carbocycles. The Bertz CT molecular complexity index is 1160. The van der Waals surface area contributed by atoms with Gasteiger partial charge in [0.2, 0.25) is 0 Å². The Balaban J connectivity index is 1.56. The smallest absolute Gasteiger partial charge is 0.277 e. The lowest BCUT2D eigenvalue weighted by Crippen LogP contribution is -2.44. The average Bonchev–Trinajstić information content (AvgIpc) is 3.14. The van der Waals surface area contributed by atoms with Crippen molar-refractivity contribution in [3.8, 4) is 5.75 Å². The van der Waals surface area contributed by atoms with E-state index in [2.05, 4.69) is 9.67 Å². The summed E-state index contributed by atoms with van der Waals surface area (Å²) in [6.45, 7) is 5.20. The fraction of sp³-hybridized carbons (Fsp3) is 0.700. The molecule has 2 bridgehead atoms. The molecule has 2 aliphatic carbocycles. The lowest BCUT2D eigenvalue weighted by molar-refractivity contribution is 0.242. The summed E-state index contributed by atoms with van der Waals surface area (Å²) >= 11 is 0. The second-order valence-electron chi connectivity index (χ2n) is 9.38. The van der Waals surface area contributed by atoms with Crippen molar-refractivity contribution in [1.29, 1.82) is 0 Å². The van der Waals surface area contributed by atoms with Crippen LogP contribution in [0.1, 0.15) is 62.6 Å². The Labute approximate surface area is 176 Å². The maximum absolute atomic E-state index is 13.1. The van der Waals surface area contributed by atoms with Gasteiger partial charge in [-0.05, 0) is 43.4 Å². The van der Waals surface area contributed by atoms with Crippen LogP contribution >= 0.6 is 0 Å². The second-order valence-corrected chi connectivity index (χ2v) is 10.9. The average molecular weight is 436 g/mol. The van der Waals surface area contributed by atoms with Gasteiger partial charge in [-0.3, -0.25) is 4.79 Å². The maximum atomic E-state index is 13.1. The molecule has 0 unspecified atom stereocenters. The number of hydrogen-bond donors (Lipinski definition) is 1. The third-order valence-electron chi connectivity index (χ3n) is 7.04. The largest absolute Gasteiger partial charge is 0.491 e. The number of nitrogens with zero attached hydrogens (tertiary/aromatic N) is 4. The van der Waals surface area contributed by atoms with E-state index in [1.165, 1.54) is 8.82 Å². The summed E-state index contributed by atoms with van der Waals surface area (Å²) in [5.41, 5.74) is 2.22. The summed E-state index contributed by atoms with van der Waals surface area (Å²) in [6, 6.07) is -0.0243. The van der Waals surface area contributed by atoms with Gasteiger partial charge in [-0.1, -0.05) is 13.8 Å². The number of rotatable bonds is 6. The van der Waals surface area contributed by atoms with E-state index in [0.29, 0.717) is 36.3 Å². The van der Waals surface area contributed by atoms with Gasteiger partial charge in [-0.15, -0.1) is 0 Å². The fourth-order valence-corrected chi connectivity index (χ4v) is 6.36. The molecule has 9 nitrogen and oxygen atoms in total. The molecule has 2 aromatic heterocycles. The van der Waals surface area contributed by atoms with Crippen LogP contribution in [0.3, 0.4) is 0 Å². The Morgan fingerprint density at radius 3 is 2.57 bits per heavy atom. The van der Waals surface area contributed by atoms with Crippen molar-refractivity contribution in [2.24, 2.45) is 17.0 Å². The van der Waals surface area contributed by atoms with E-state index in [0.717, 1.165) is 36.9 Å². The van der Waals surface area contributed by atoms with Crippen molar-refractivity contribution >= 4 is 15.9 Å². The van der Waals surface area contributed by atoms with Crippen LogP contribution in [0.5, 0.6) is 5.75 Å². The fourth-order valence-electron chi connectivity index (χ4n) is 5.37. The molecule has 2 saturated carbocycles. The van der Waals surface area contributed by atoms with E-state index < -0.39 is 10.2 Å². The first kappa shape index (κ1) is 20.0. The zero-order valence-electron chi connectivity index (χ0n) is 17.6. The normalized spacial score (nSPS) is 26.9. The number of ether oxygens (including phenoxy) is 1. The number of methoxy groups -OCH3 is 1. The van der Waals surface area contributed by atoms with Crippen molar-refractivity contribution in [2.45, 2.75) is 64.0 Å². The predicted octanol–water partition coefficient (Wildman–Crippen LogP) is 1.42. The van der Waals surface area contributed by atoms with E-state index in [-0.39, 0.29) is 23.4 Å². The highest BCUT2D eigenvalue weighted by Crippen LogP contribution is 2.46. The monoisotopic (exact) mass is 435 g/mol. The summed E-state index contributed by atoms with van der Waals surface area (Å²) in [7, 11) is -2.01. The van der Waals surface area contributed by atoms with E-state index >= 15 is 0 Å². The van der Waals surface area contributed by atoms with Gasteiger partial charge in [0.25, 0.3) is 15.8 Å². The van der Waals surface area contributed by atoms with Crippen LogP contribution in [-0.2, 0) is 16.8 Å². The van der Waals surface area contributed by atoms with Gasteiger partial charge in [-0.2, -0.15) is 22.3 Å². The molecule has 0 radical (unpaired) electrons. The van der Waals surface area contributed by atoms with Crippen LogP contribution in [0, 0.1) is 11.8 Å². The third kappa shape index (κ3) is 3.07. The number of hydrogen-bond acceptors (Lipinski definition) is 5. The number of nitrogens with two attached hydrogens (primary N) is 1. The van der Waals surface area contributed by atoms with Crippen molar-refractivity contribution in [3.63, 3.8) is 0 Å². The van der Waals surface area contributed by atoms with Crippen molar-refractivity contribution in [2.75, 3.05) is 13.7 Å². The molecule has 3 fully saturated rings. The van der Waals surface area contributed by atoms with E-state index in [4.69, 9.17) is 9.88 Å². The molecular formula is C20H29N5O4S. The molecule has 0 amide bonds. The summed E-state index contributed by atoms with van der Waals surface area (Å²) in [4.78, 5) is 13.1. The molecule has 2 aromatic rings. The molecule has 1 aliphatic heterocycles. The quantitative estimate of drug-likeness (QED) is 0.737. The lowest BCUT2D eigenvalue weighted by atomic mass is 9.95. The minimum Gasteiger partial charge on any atom is -0.491 e. The predicted molar refractivity (Wildman–Crippen MR) is 112 cm³/mol. The van der Waals surface area contributed by atoms with Crippen LogP contribution in [0.15, 0.2) is 11.0 Å². The summed E-state index contributed by atoms with van der Waals surface area (Å²) in [5, 5.41) is 10.0. The highest BCUT2D eigenvalue weighted by molar-refractivity contribution is 7.86. The Morgan fingerprint density at radius 2 is 2.03 bits per heavy atom. The standard InChI is InChI=1S/C20H29N5O4S/c1-11(2)16-10-23(8-13-6-15-7-14(13)9-24(15)30(21,27)28)19-18(29-3)17(12-4-5-12)22-25(19)20(16)26/h10-15H,4-9H2,1-3H3,(H2,21,27,28)/t13-,14-,15+/m1/s1. The lowest BCUT2D eigenvalue weighted by Gasteiger charge is -2.30. The van der Waals surface area contributed by atoms with Gasteiger partial charge in [0, 0.05) is 36.8 Å². The molecule has 3 heterocycles. The molecular weight excluding hydrogens is 406 g/mol. The number of fused-ring (bicyclic) bond motifs is 3. The SMILES string of the molecule is COc1c(C2CC2)nn2c(=O)c(C(C)C)cn(C[C@H]3C[C@H]4C[C@@H]3CN4S(N)(=O)=O)c12. The highest BCUT2D eigenvalue weighted by atomic mass is 32.2. The second kappa shape index (κ2) is 6.80. The van der Waals surface area contributed by atoms with Gasteiger partial charge in [0.15, 0.2) is 11.4 Å². The first-order valence-corrected chi connectivity index (χ1v) is 12.2. The molecule has 2 N–H and O–H groups in total. The first-order valence-electron chi connectivity index (χ1n) is 10.7. The third-order valence-corrected chi connectivity index (χ3v) is 8.14. The molecule has 164 valence electrons. The van der Waals surface area contributed by atoms with E-state index in [1.54, 1.807) is 7.11 Å². The molecule has 1 saturated heterocycles. The molecule has 10 heteroatoms. The first-order chi connectivity index (χ1) is 14.2. The highest BCUT2D eigenvalue weighted by Gasteiger charge is 2.48. The minimum absolute atomic E-state index is 0.0243. The molecule has 30 heavy (non-hydrogen) atoms. The topological polar surface area (TPSA) is 112 Å². The Morgan fingerprint density at radius 1 is 1.30 bits per heavy atom. The summed E-state index contributed by atoms with van der Waals surface area (Å²) in [5.74, 6) is 1.72. The van der Waals surface area contributed by atoms with Crippen LogP contribution in [0.4, 0.5) is 0 Å². The minimum atomic E-state index is -3.65. The van der Waals surface area contributed by atoms with Gasteiger partial charge in [-0.25, -0.2) is 5.14 Å². The van der Waals surface area contributed by atoms with Crippen LogP contribution < -0.4 is 15.4 Å². The maximum Gasteiger partial charge on any atom is 0.277 e. The van der Waals surface area contributed by atoms with Crippen LogP contribution in [0.2, 0.25) is 0 Å². The molecule has 0 spiro atoms. The van der Waals surface area contributed by atoms with Crippen molar-refractivity contribution < 1.29 is 13.2 Å². The zero-order valence-corrected chi connectivity index (χ0v) is 18.4. The Hall–Kier alpha value is -1.91. The molecule has 5 rings (SSSR count). The zero-order chi connectivity index (χ0) is 21.4. The molecule has 3 atom stereocenters. The van der Waals surface area contributed by atoms with Gasteiger partial charge < -0.3 is 9.30 Å². The van der Waals surface area contributed by atoms with Crippen LogP contribution in [0.25, 0.3) is 5.65 Å². The van der Waals surface area contributed by atoms with Gasteiger partial charge in [0.1, 0.15) is 5.69 Å². The Kier molecular flexibility index (Phi) is 4.53. The van der Waals surface area contributed by atoms with Crippen LogP contribution in [-0.4, -0.2) is 46.6 Å². The van der Waals surface area contributed by atoms with E-state index in [9.17, 15) is 13.2 Å². The summed E-state index contributed by atoms with van der Waals surface area (Å²) < 4.78 is 34.4. The van der Waals surface area contributed by atoms with Gasteiger partial charge in [0.05, 0.1) is 7.11 Å². The summed E-state index contributed by atoms with van der Waals surface area (Å²) in [6.07, 6.45) is 5.72. The molecule has 3 aliphatic rings. The van der Waals surface area contributed by atoms with Crippen molar-refractivity contribution in [1.82, 2.24) is 18.5 Å². The number of piperidine rings is 1. The van der Waals surface area contributed by atoms with Crippen molar-refractivity contribution in [3.05, 3.63) is 27.8 Å². The van der Waals surface area contributed by atoms with E-state index in [1.807, 2.05) is 20.0 Å². The van der Waals surface area contributed by atoms with Gasteiger partial charge >= 0.3 is 0 Å². The number of aromatic nitrogens is 3.